The van der Waals surface area contributed by atoms with Gasteiger partial charge in [0.2, 0.25) is 0 Å². The van der Waals surface area contributed by atoms with Crippen molar-refractivity contribution in [2.45, 2.75) is 18.9 Å². The van der Waals surface area contributed by atoms with Crippen LogP contribution in [0.1, 0.15) is 30.0 Å². The predicted octanol–water partition coefficient (Wildman–Crippen LogP) is 1.56. The molecule has 0 radical (unpaired) electrons. The first-order valence-electron chi connectivity index (χ1n) is 5.77. The van der Waals surface area contributed by atoms with Crippen LogP contribution in [-0.2, 0) is 0 Å². The highest BCUT2D eigenvalue weighted by molar-refractivity contribution is 5.34. The number of nitrogens with one attached hydrogen (secondary N) is 1. The summed E-state index contributed by atoms with van der Waals surface area (Å²) in [4.78, 5) is 0. The molecule has 1 heterocycles. The van der Waals surface area contributed by atoms with Crippen molar-refractivity contribution in [2.24, 2.45) is 11.7 Å². The van der Waals surface area contributed by atoms with Crippen molar-refractivity contribution >= 4 is 0 Å². The van der Waals surface area contributed by atoms with E-state index in [0.717, 1.165) is 31.5 Å². The molecule has 1 fully saturated rings. The molecule has 1 aromatic carbocycles. The molecule has 84 valence electrons. The third kappa shape index (κ3) is 2.41. The van der Waals surface area contributed by atoms with Gasteiger partial charge in [0, 0.05) is 6.04 Å². The van der Waals surface area contributed by atoms with Crippen LogP contribution in [0, 0.1) is 17.2 Å². The maximum atomic E-state index is 8.85. The molecule has 16 heavy (non-hydrogen) atoms. The summed E-state index contributed by atoms with van der Waals surface area (Å²) in [6, 6.07) is 9.88. The second kappa shape index (κ2) is 5.11. The zero-order valence-electron chi connectivity index (χ0n) is 9.32. The maximum Gasteiger partial charge on any atom is 0.0991 e. The van der Waals surface area contributed by atoms with Crippen LogP contribution in [0.4, 0.5) is 0 Å². The molecule has 0 bridgehead atoms. The highest BCUT2D eigenvalue weighted by Crippen LogP contribution is 2.26. The molecule has 1 aliphatic rings. The molecule has 3 heteroatoms. The van der Waals surface area contributed by atoms with E-state index in [1.807, 2.05) is 24.3 Å². The topological polar surface area (TPSA) is 61.8 Å². The minimum atomic E-state index is 0.0652. The first-order chi connectivity index (χ1) is 7.81. The van der Waals surface area contributed by atoms with Crippen LogP contribution in [0.3, 0.4) is 0 Å². The van der Waals surface area contributed by atoms with Crippen LogP contribution in [0.15, 0.2) is 24.3 Å². The van der Waals surface area contributed by atoms with Gasteiger partial charge in [-0.1, -0.05) is 12.1 Å². The number of benzene rings is 1. The van der Waals surface area contributed by atoms with E-state index in [-0.39, 0.29) is 6.04 Å². The molecular weight excluding hydrogens is 198 g/mol. The van der Waals surface area contributed by atoms with E-state index in [4.69, 9.17) is 11.0 Å². The van der Waals surface area contributed by atoms with E-state index in [9.17, 15) is 0 Å². The van der Waals surface area contributed by atoms with Crippen molar-refractivity contribution < 1.29 is 0 Å². The van der Waals surface area contributed by atoms with Gasteiger partial charge in [-0.15, -0.1) is 0 Å². The summed E-state index contributed by atoms with van der Waals surface area (Å²) < 4.78 is 0. The lowest BCUT2D eigenvalue weighted by Crippen LogP contribution is -2.33. The highest BCUT2D eigenvalue weighted by Gasteiger charge is 2.21. The van der Waals surface area contributed by atoms with Gasteiger partial charge < -0.3 is 11.1 Å². The van der Waals surface area contributed by atoms with Gasteiger partial charge in [-0.05, 0) is 49.5 Å². The molecule has 0 unspecified atom stereocenters. The first kappa shape index (κ1) is 11.1. The van der Waals surface area contributed by atoms with Gasteiger partial charge in [0.15, 0.2) is 0 Å². The molecule has 0 aromatic heterocycles. The molecule has 2 rings (SSSR count). The Balaban J connectivity index is 2.13. The van der Waals surface area contributed by atoms with Gasteiger partial charge in [-0.3, -0.25) is 0 Å². The third-order valence-corrected chi connectivity index (χ3v) is 3.29. The Hall–Kier alpha value is -1.37. The molecule has 0 aliphatic carbocycles. The number of piperidine rings is 1. The number of rotatable bonds is 2. The number of nitrogens with zero attached hydrogens (tertiary/aromatic N) is 1. The lowest BCUT2D eigenvalue weighted by Gasteiger charge is -2.28. The van der Waals surface area contributed by atoms with Crippen molar-refractivity contribution in [2.75, 3.05) is 13.1 Å². The Morgan fingerprint density at radius 2 is 2.12 bits per heavy atom. The summed E-state index contributed by atoms with van der Waals surface area (Å²) >= 11 is 0. The summed E-state index contributed by atoms with van der Waals surface area (Å²) in [5, 5.41) is 12.2. The van der Waals surface area contributed by atoms with Crippen LogP contribution in [0.25, 0.3) is 0 Å². The summed E-state index contributed by atoms with van der Waals surface area (Å²) in [6.07, 6.45) is 2.25. The summed E-state index contributed by atoms with van der Waals surface area (Å²) in [5.41, 5.74) is 8.04. The Kier molecular flexibility index (Phi) is 3.55. The molecule has 1 atom stereocenters. The second-order valence-corrected chi connectivity index (χ2v) is 4.35. The molecule has 3 nitrogen and oxygen atoms in total. The third-order valence-electron chi connectivity index (χ3n) is 3.29. The van der Waals surface area contributed by atoms with E-state index in [1.165, 1.54) is 0 Å². The SMILES string of the molecule is N#Cc1cccc([C@H](N)C2CCNCC2)c1. The Bertz CT molecular complexity index is 388. The molecule has 1 saturated heterocycles. The normalized spacial score (nSPS) is 19.0. The van der Waals surface area contributed by atoms with Crippen LogP contribution in [-0.4, -0.2) is 13.1 Å². The summed E-state index contributed by atoms with van der Waals surface area (Å²) in [5.74, 6) is 0.537. The molecule has 0 spiro atoms. The van der Waals surface area contributed by atoms with E-state index in [2.05, 4.69) is 11.4 Å². The second-order valence-electron chi connectivity index (χ2n) is 4.35. The van der Waals surface area contributed by atoms with E-state index in [1.54, 1.807) is 0 Å². The average molecular weight is 215 g/mol. The fourth-order valence-electron chi connectivity index (χ4n) is 2.29. The fourth-order valence-corrected chi connectivity index (χ4v) is 2.29. The number of hydrogen-bond donors (Lipinski definition) is 2. The van der Waals surface area contributed by atoms with Gasteiger partial charge in [-0.2, -0.15) is 5.26 Å². The highest BCUT2D eigenvalue weighted by atomic mass is 14.9. The van der Waals surface area contributed by atoms with Crippen LogP contribution in [0.5, 0.6) is 0 Å². The predicted molar refractivity (Wildman–Crippen MR) is 63.7 cm³/mol. The summed E-state index contributed by atoms with van der Waals surface area (Å²) in [7, 11) is 0. The summed E-state index contributed by atoms with van der Waals surface area (Å²) in [6.45, 7) is 2.10. The number of hydrogen-bond acceptors (Lipinski definition) is 3. The smallest absolute Gasteiger partial charge is 0.0991 e. The van der Waals surface area contributed by atoms with Gasteiger partial charge in [0.05, 0.1) is 11.6 Å². The quantitative estimate of drug-likeness (QED) is 0.787. The number of nitrogens with two attached hydrogens (primary N) is 1. The standard InChI is InChI=1S/C13H17N3/c14-9-10-2-1-3-12(8-10)13(15)11-4-6-16-7-5-11/h1-3,8,11,13,16H,4-7,15H2/t13-/m1/s1. The van der Waals surface area contributed by atoms with Crippen molar-refractivity contribution in [3.63, 3.8) is 0 Å². The van der Waals surface area contributed by atoms with Gasteiger partial charge >= 0.3 is 0 Å². The van der Waals surface area contributed by atoms with E-state index >= 15 is 0 Å². The minimum absolute atomic E-state index is 0.0652. The number of nitriles is 1. The zero-order valence-corrected chi connectivity index (χ0v) is 9.32. The Labute approximate surface area is 96.3 Å². The molecule has 1 aliphatic heterocycles. The lowest BCUT2D eigenvalue weighted by atomic mass is 9.86. The van der Waals surface area contributed by atoms with E-state index in [0.29, 0.717) is 11.5 Å². The van der Waals surface area contributed by atoms with Crippen LogP contribution in [0.2, 0.25) is 0 Å². The van der Waals surface area contributed by atoms with Gasteiger partial charge in [-0.25, -0.2) is 0 Å². The van der Waals surface area contributed by atoms with Crippen LogP contribution < -0.4 is 11.1 Å². The molecule has 1 aromatic rings. The van der Waals surface area contributed by atoms with Crippen LogP contribution >= 0.6 is 0 Å². The fraction of sp³-hybridized carbons (Fsp3) is 0.462. The molecule has 3 N–H and O–H groups in total. The van der Waals surface area contributed by atoms with Gasteiger partial charge in [0.1, 0.15) is 0 Å². The Morgan fingerprint density at radius 1 is 1.38 bits per heavy atom. The largest absolute Gasteiger partial charge is 0.324 e. The first-order valence-corrected chi connectivity index (χ1v) is 5.77. The Morgan fingerprint density at radius 3 is 2.81 bits per heavy atom. The minimum Gasteiger partial charge on any atom is -0.324 e. The lowest BCUT2D eigenvalue weighted by molar-refractivity contribution is 0.322. The van der Waals surface area contributed by atoms with Crippen molar-refractivity contribution in [1.29, 1.82) is 5.26 Å². The van der Waals surface area contributed by atoms with Crippen molar-refractivity contribution in [3.05, 3.63) is 35.4 Å². The monoisotopic (exact) mass is 215 g/mol. The molecular formula is C13H17N3. The molecule has 0 amide bonds. The molecule has 0 saturated carbocycles. The maximum absolute atomic E-state index is 8.85. The van der Waals surface area contributed by atoms with E-state index < -0.39 is 0 Å². The van der Waals surface area contributed by atoms with Crippen molar-refractivity contribution in [3.8, 4) is 6.07 Å². The zero-order chi connectivity index (χ0) is 11.4. The average Bonchev–Trinajstić information content (AvgIpc) is 2.39. The van der Waals surface area contributed by atoms with Crippen molar-refractivity contribution in [1.82, 2.24) is 5.32 Å². The van der Waals surface area contributed by atoms with Gasteiger partial charge in [0.25, 0.3) is 0 Å².